The number of rotatable bonds is 6. The molecule has 4 nitrogen and oxygen atoms in total. The maximum Gasteiger partial charge on any atom is 0.119 e. The Kier molecular flexibility index (Phi) is 4.86. The molecule has 2 rings (SSSR count). The van der Waals surface area contributed by atoms with Crippen LogP contribution in [0, 0.1) is 0 Å². The Morgan fingerprint density at radius 1 is 1.11 bits per heavy atom. The summed E-state index contributed by atoms with van der Waals surface area (Å²) >= 11 is 0. The number of aromatic nitrogens is 2. The average molecular weight is 257 g/mol. The molecule has 0 saturated heterocycles. The minimum Gasteiger partial charge on any atom is -0.491 e. The number of hydrogen-bond acceptors (Lipinski definition) is 4. The summed E-state index contributed by atoms with van der Waals surface area (Å²) in [6, 6.07) is 12.0. The fraction of sp³-hybridized carbons (Fsp3) is 0.333. The van der Waals surface area contributed by atoms with Gasteiger partial charge in [0.25, 0.3) is 0 Å². The summed E-state index contributed by atoms with van der Waals surface area (Å²) in [4.78, 5) is 0. The monoisotopic (exact) mass is 257 g/mol. The van der Waals surface area contributed by atoms with E-state index >= 15 is 0 Å². The first-order chi connectivity index (χ1) is 9.24. The van der Waals surface area contributed by atoms with Crippen molar-refractivity contribution in [3.05, 3.63) is 53.9 Å². The number of benzene rings is 1. The van der Waals surface area contributed by atoms with Gasteiger partial charge in [-0.1, -0.05) is 12.1 Å². The lowest BCUT2D eigenvalue weighted by Gasteiger charge is -2.10. The Balaban J connectivity index is 1.80. The van der Waals surface area contributed by atoms with Gasteiger partial charge in [0, 0.05) is 19.3 Å². The van der Waals surface area contributed by atoms with Gasteiger partial charge in [0.15, 0.2) is 0 Å². The number of hydrogen-bond donors (Lipinski definition) is 1. The van der Waals surface area contributed by atoms with Crippen molar-refractivity contribution in [1.82, 2.24) is 15.5 Å². The largest absolute Gasteiger partial charge is 0.491 e. The Bertz CT molecular complexity index is 483. The van der Waals surface area contributed by atoms with E-state index in [1.165, 1.54) is 5.56 Å². The molecule has 1 aromatic carbocycles. The second-order valence-electron chi connectivity index (χ2n) is 4.63. The molecule has 1 N–H and O–H groups in total. The summed E-state index contributed by atoms with van der Waals surface area (Å²) in [5.74, 6) is 0.910. The van der Waals surface area contributed by atoms with Gasteiger partial charge in [-0.2, -0.15) is 10.2 Å². The molecule has 1 aromatic heterocycles. The van der Waals surface area contributed by atoms with Gasteiger partial charge in [0.1, 0.15) is 5.75 Å². The van der Waals surface area contributed by atoms with E-state index < -0.39 is 0 Å². The summed E-state index contributed by atoms with van der Waals surface area (Å²) in [7, 11) is 0. The molecule has 100 valence electrons. The maximum atomic E-state index is 5.60. The third kappa shape index (κ3) is 4.67. The van der Waals surface area contributed by atoms with Crippen molar-refractivity contribution >= 4 is 0 Å². The second kappa shape index (κ2) is 6.85. The van der Waals surface area contributed by atoms with Crippen molar-refractivity contribution < 1.29 is 4.74 Å². The van der Waals surface area contributed by atoms with Crippen LogP contribution in [0.3, 0.4) is 0 Å². The highest BCUT2D eigenvalue weighted by Gasteiger charge is 1.98. The summed E-state index contributed by atoms with van der Waals surface area (Å²) < 4.78 is 5.60. The van der Waals surface area contributed by atoms with E-state index in [2.05, 4.69) is 27.6 Å². The molecule has 0 aliphatic heterocycles. The van der Waals surface area contributed by atoms with E-state index in [0.29, 0.717) is 0 Å². The summed E-state index contributed by atoms with van der Waals surface area (Å²) in [6.45, 7) is 5.57. The minimum absolute atomic E-state index is 0.209. The molecule has 0 radical (unpaired) electrons. The standard InChI is InChI=1S/C15H19N3O/c1-12(2)19-15-7-5-13(6-8-15)10-16-11-14-4-3-9-17-18-14/h3-9,12,16H,10-11H2,1-2H3. The second-order valence-corrected chi connectivity index (χ2v) is 4.63. The predicted octanol–water partition coefficient (Wildman–Crippen LogP) is 2.55. The normalized spacial score (nSPS) is 10.7. The average Bonchev–Trinajstić information content (AvgIpc) is 2.41. The van der Waals surface area contributed by atoms with Crippen molar-refractivity contribution in [2.24, 2.45) is 0 Å². The molecule has 19 heavy (non-hydrogen) atoms. The van der Waals surface area contributed by atoms with Gasteiger partial charge in [-0.15, -0.1) is 0 Å². The van der Waals surface area contributed by atoms with E-state index in [-0.39, 0.29) is 6.10 Å². The summed E-state index contributed by atoms with van der Waals surface area (Å²) in [6.07, 6.45) is 1.89. The van der Waals surface area contributed by atoms with E-state index in [4.69, 9.17) is 4.74 Å². The van der Waals surface area contributed by atoms with Gasteiger partial charge < -0.3 is 10.1 Å². The SMILES string of the molecule is CC(C)Oc1ccc(CNCc2cccnn2)cc1. The first-order valence-corrected chi connectivity index (χ1v) is 6.47. The smallest absolute Gasteiger partial charge is 0.119 e. The molecule has 4 heteroatoms. The molecule has 0 amide bonds. The Hall–Kier alpha value is -1.94. The zero-order valence-electron chi connectivity index (χ0n) is 11.3. The van der Waals surface area contributed by atoms with Gasteiger partial charge in [-0.05, 0) is 43.7 Å². The van der Waals surface area contributed by atoms with Crippen molar-refractivity contribution in [1.29, 1.82) is 0 Å². The Labute approximate surface area is 113 Å². The number of nitrogens with one attached hydrogen (secondary N) is 1. The first kappa shape index (κ1) is 13.5. The van der Waals surface area contributed by atoms with Gasteiger partial charge in [0.2, 0.25) is 0 Å². The molecule has 2 aromatic rings. The molecule has 1 heterocycles. The topological polar surface area (TPSA) is 47.0 Å². The quantitative estimate of drug-likeness (QED) is 0.864. The number of nitrogens with zero attached hydrogens (tertiary/aromatic N) is 2. The van der Waals surface area contributed by atoms with Crippen LogP contribution in [-0.4, -0.2) is 16.3 Å². The van der Waals surface area contributed by atoms with Crippen LogP contribution in [0.4, 0.5) is 0 Å². The third-order valence-corrected chi connectivity index (χ3v) is 2.56. The molecule has 0 fully saturated rings. The highest BCUT2D eigenvalue weighted by atomic mass is 16.5. The van der Waals surface area contributed by atoms with E-state index in [9.17, 15) is 0 Å². The van der Waals surface area contributed by atoms with E-state index in [1.807, 2.05) is 38.1 Å². The van der Waals surface area contributed by atoms with Crippen molar-refractivity contribution in [2.75, 3.05) is 0 Å². The molecule has 0 aliphatic carbocycles. The molecule has 0 aliphatic rings. The van der Waals surface area contributed by atoms with E-state index in [1.54, 1.807) is 6.20 Å². The lowest BCUT2D eigenvalue weighted by Crippen LogP contribution is -2.14. The fourth-order valence-corrected chi connectivity index (χ4v) is 1.72. The Morgan fingerprint density at radius 3 is 2.53 bits per heavy atom. The van der Waals surface area contributed by atoms with Crippen molar-refractivity contribution in [3.63, 3.8) is 0 Å². The zero-order chi connectivity index (χ0) is 13.5. The maximum absolute atomic E-state index is 5.60. The highest BCUT2D eigenvalue weighted by Crippen LogP contribution is 2.13. The molecular weight excluding hydrogens is 238 g/mol. The van der Waals surface area contributed by atoms with Crippen LogP contribution >= 0.6 is 0 Å². The van der Waals surface area contributed by atoms with Crippen LogP contribution in [0.15, 0.2) is 42.6 Å². The van der Waals surface area contributed by atoms with Gasteiger partial charge in [0.05, 0.1) is 11.8 Å². The van der Waals surface area contributed by atoms with Gasteiger partial charge in [-0.3, -0.25) is 0 Å². The van der Waals surface area contributed by atoms with Crippen LogP contribution in [0.25, 0.3) is 0 Å². The highest BCUT2D eigenvalue weighted by molar-refractivity contribution is 5.27. The first-order valence-electron chi connectivity index (χ1n) is 6.47. The molecular formula is C15H19N3O. The van der Waals surface area contributed by atoms with Crippen LogP contribution in [0.5, 0.6) is 5.75 Å². The minimum atomic E-state index is 0.209. The molecule has 0 spiro atoms. The molecule has 0 saturated carbocycles. The lowest BCUT2D eigenvalue weighted by atomic mass is 10.2. The van der Waals surface area contributed by atoms with Crippen LogP contribution in [0.1, 0.15) is 25.1 Å². The van der Waals surface area contributed by atoms with Crippen molar-refractivity contribution in [2.45, 2.75) is 33.0 Å². The van der Waals surface area contributed by atoms with Gasteiger partial charge in [-0.25, -0.2) is 0 Å². The zero-order valence-corrected chi connectivity index (χ0v) is 11.3. The third-order valence-electron chi connectivity index (χ3n) is 2.56. The number of ether oxygens (including phenoxy) is 1. The van der Waals surface area contributed by atoms with Crippen molar-refractivity contribution in [3.8, 4) is 5.75 Å². The molecule has 0 bridgehead atoms. The molecule has 0 atom stereocenters. The molecule has 0 unspecified atom stereocenters. The van der Waals surface area contributed by atoms with Crippen LogP contribution < -0.4 is 10.1 Å². The van der Waals surface area contributed by atoms with Crippen LogP contribution in [0.2, 0.25) is 0 Å². The summed E-state index contributed by atoms with van der Waals surface area (Å²) in [5, 5.41) is 11.2. The van der Waals surface area contributed by atoms with E-state index in [0.717, 1.165) is 24.5 Å². The predicted molar refractivity (Wildman–Crippen MR) is 74.8 cm³/mol. The van der Waals surface area contributed by atoms with Crippen LogP contribution in [-0.2, 0) is 13.1 Å². The lowest BCUT2D eigenvalue weighted by molar-refractivity contribution is 0.242. The summed E-state index contributed by atoms with van der Waals surface area (Å²) in [5.41, 5.74) is 2.17. The van der Waals surface area contributed by atoms with Gasteiger partial charge >= 0.3 is 0 Å². The Morgan fingerprint density at radius 2 is 1.89 bits per heavy atom. The fourth-order valence-electron chi connectivity index (χ4n) is 1.72.